The number of nitrogens with one attached hydrogen (secondary N) is 2. The number of hydrogen-bond donors (Lipinski definition) is 2. The summed E-state index contributed by atoms with van der Waals surface area (Å²) in [6, 6.07) is 0. The lowest BCUT2D eigenvalue weighted by Gasteiger charge is -2.22. The van der Waals surface area contributed by atoms with Gasteiger partial charge in [0.25, 0.3) is 0 Å². The van der Waals surface area contributed by atoms with Crippen molar-refractivity contribution in [3.05, 3.63) is 0 Å². The maximum atomic E-state index is 11.8. The molecule has 2 N–H and O–H groups in total. The van der Waals surface area contributed by atoms with Crippen molar-refractivity contribution in [3.63, 3.8) is 0 Å². The van der Waals surface area contributed by atoms with E-state index in [-0.39, 0.29) is 11.8 Å². The molecule has 2 aliphatic rings. The fourth-order valence-corrected chi connectivity index (χ4v) is 2.45. The Morgan fingerprint density at radius 2 is 2.31 bits per heavy atom. The summed E-state index contributed by atoms with van der Waals surface area (Å²) in [5, 5.41) is 6.28. The minimum atomic E-state index is 0.179. The summed E-state index contributed by atoms with van der Waals surface area (Å²) in [4.78, 5) is 11.8. The molecule has 0 aromatic heterocycles. The lowest BCUT2D eigenvalue weighted by molar-refractivity contribution is -0.125. The molecule has 0 aliphatic carbocycles. The molecule has 0 bridgehead atoms. The minimum absolute atomic E-state index is 0.179. The van der Waals surface area contributed by atoms with Gasteiger partial charge in [0.1, 0.15) is 0 Å². The standard InChI is InChI=1S/C12H22N2O2/c15-12(10-3-1-6-13-9-10)14-7-5-11-4-2-8-16-11/h10-11,13H,1-9H2,(H,14,15)/t10-,11?/m1/s1. The average Bonchev–Trinajstić information content (AvgIpc) is 2.83. The molecule has 0 spiro atoms. The van der Waals surface area contributed by atoms with E-state index in [1.54, 1.807) is 0 Å². The van der Waals surface area contributed by atoms with Gasteiger partial charge in [-0.1, -0.05) is 0 Å². The van der Waals surface area contributed by atoms with Gasteiger partial charge in [-0.3, -0.25) is 4.79 Å². The first kappa shape index (κ1) is 11.9. The summed E-state index contributed by atoms with van der Waals surface area (Å²) in [7, 11) is 0. The second-order valence-corrected chi connectivity index (χ2v) is 4.76. The van der Waals surface area contributed by atoms with Gasteiger partial charge < -0.3 is 15.4 Å². The van der Waals surface area contributed by atoms with Crippen molar-refractivity contribution >= 4 is 5.91 Å². The molecule has 0 saturated carbocycles. The molecule has 2 saturated heterocycles. The molecule has 4 nitrogen and oxygen atoms in total. The van der Waals surface area contributed by atoms with Gasteiger partial charge in [-0.15, -0.1) is 0 Å². The zero-order chi connectivity index (χ0) is 11.2. The lowest BCUT2D eigenvalue weighted by Crippen LogP contribution is -2.41. The largest absolute Gasteiger partial charge is 0.378 e. The average molecular weight is 226 g/mol. The van der Waals surface area contributed by atoms with Gasteiger partial charge in [0, 0.05) is 19.7 Å². The highest BCUT2D eigenvalue weighted by atomic mass is 16.5. The zero-order valence-electron chi connectivity index (χ0n) is 9.84. The number of carbonyl (C=O) groups is 1. The van der Waals surface area contributed by atoms with Crippen molar-refractivity contribution in [2.45, 2.75) is 38.2 Å². The normalized spacial score (nSPS) is 30.2. The molecule has 2 fully saturated rings. The van der Waals surface area contributed by atoms with Crippen LogP contribution < -0.4 is 10.6 Å². The highest BCUT2D eigenvalue weighted by Crippen LogP contribution is 2.15. The number of rotatable bonds is 4. The Labute approximate surface area is 97.1 Å². The van der Waals surface area contributed by atoms with E-state index in [1.807, 2.05) is 0 Å². The predicted molar refractivity (Wildman–Crippen MR) is 62.2 cm³/mol. The summed E-state index contributed by atoms with van der Waals surface area (Å²) in [5.74, 6) is 0.392. The number of carbonyl (C=O) groups excluding carboxylic acids is 1. The third-order valence-electron chi connectivity index (χ3n) is 3.46. The first-order chi connectivity index (χ1) is 7.86. The van der Waals surface area contributed by atoms with Crippen LogP contribution in [-0.2, 0) is 9.53 Å². The third-order valence-corrected chi connectivity index (χ3v) is 3.46. The van der Waals surface area contributed by atoms with Crippen molar-refractivity contribution < 1.29 is 9.53 Å². The van der Waals surface area contributed by atoms with Gasteiger partial charge in [-0.05, 0) is 38.6 Å². The Kier molecular flexibility index (Phi) is 4.60. The molecule has 2 heterocycles. The molecular weight excluding hydrogens is 204 g/mol. The molecule has 2 rings (SSSR count). The quantitative estimate of drug-likeness (QED) is 0.741. The number of amides is 1. The van der Waals surface area contributed by atoms with E-state index in [0.29, 0.717) is 6.10 Å². The molecule has 1 unspecified atom stereocenters. The van der Waals surface area contributed by atoms with Crippen molar-refractivity contribution in [2.24, 2.45) is 5.92 Å². The van der Waals surface area contributed by atoms with E-state index in [0.717, 1.165) is 51.9 Å². The number of piperidine rings is 1. The molecule has 1 amide bonds. The van der Waals surface area contributed by atoms with E-state index < -0.39 is 0 Å². The van der Waals surface area contributed by atoms with E-state index in [1.165, 1.54) is 6.42 Å². The van der Waals surface area contributed by atoms with Gasteiger partial charge in [0.2, 0.25) is 5.91 Å². The highest BCUT2D eigenvalue weighted by Gasteiger charge is 2.21. The SMILES string of the molecule is O=C(NCCC1CCCO1)[C@@H]1CCCNC1. The van der Waals surface area contributed by atoms with Crippen molar-refractivity contribution in [1.29, 1.82) is 0 Å². The van der Waals surface area contributed by atoms with Crippen molar-refractivity contribution in [2.75, 3.05) is 26.2 Å². The van der Waals surface area contributed by atoms with Crippen molar-refractivity contribution in [1.82, 2.24) is 10.6 Å². The Morgan fingerprint density at radius 1 is 1.38 bits per heavy atom. The van der Waals surface area contributed by atoms with Gasteiger partial charge in [0.15, 0.2) is 0 Å². The summed E-state index contributed by atoms with van der Waals surface area (Å²) in [6.45, 7) is 3.55. The van der Waals surface area contributed by atoms with Crippen LogP contribution in [0.2, 0.25) is 0 Å². The Morgan fingerprint density at radius 3 is 3.00 bits per heavy atom. The van der Waals surface area contributed by atoms with E-state index >= 15 is 0 Å². The third kappa shape index (κ3) is 3.46. The monoisotopic (exact) mass is 226 g/mol. The second-order valence-electron chi connectivity index (χ2n) is 4.76. The van der Waals surface area contributed by atoms with Crippen LogP contribution in [0.15, 0.2) is 0 Å². The molecule has 92 valence electrons. The van der Waals surface area contributed by atoms with E-state index in [2.05, 4.69) is 10.6 Å². The fraction of sp³-hybridized carbons (Fsp3) is 0.917. The Bertz CT molecular complexity index is 221. The van der Waals surface area contributed by atoms with Gasteiger partial charge in [-0.25, -0.2) is 0 Å². The predicted octanol–water partition coefficient (Wildman–Crippen LogP) is 0.671. The van der Waals surface area contributed by atoms with Crippen LogP contribution in [0.25, 0.3) is 0 Å². The topological polar surface area (TPSA) is 50.4 Å². The second kappa shape index (κ2) is 6.21. The minimum Gasteiger partial charge on any atom is -0.378 e. The van der Waals surface area contributed by atoms with Gasteiger partial charge >= 0.3 is 0 Å². The summed E-state index contributed by atoms with van der Waals surface area (Å²) < 4.78 is 5.52. The van der Waals surface area contributed by atoms with Crippen molar-refractivity contribution in [3.8, 4) is 0 Å². The molecule has 4 heteroatoms. The maximum absolute atomic E-state index is 11.8. The first-order valence-corrected chi connectivity index (χ1v) is 6.46. The summed E-state index contributed by atoms with van der Waals surface area (Å²) in [6.07, 6.45) is 5.81. The van der Waals surface area contributed by atoms with Crippen LogP contribution in [0.5, 0.6) is 0 Å². The van der Waals surface area contributed by atoms with E-state index in [4.69, 9.17) is 4.74 Å². The molecule has 0 aromatic carbocycles. The van der Waals surface area contributed by atoms with Crippen LogP contribution in [0, 0.1) is 5.92 Å². The van der Waals surface area contributed by atoms with Gasteiger partial charge in [-0.2, -0.15) is 0 Å². The smallest absolute Gasteiger partial charge is 0.224 e. The molecule has 0 radical (unpaired) electrons. The summed E-state index contributed by atoms with van der Waals surface area (Å²) in [5.41, 5.74) is 0. The van der Waals surface area contributed by atoms with Crippen LogP contribution in [0.3, 0.4) is 0 Å². The number of ether oxygens (including phenoxy) is 1. The Balaban J connectivity index is 1.59. The molecular formula is C12H22N2O2. The maximum Gasteiger partial charge on any atom is 0.224 e. The molecule has 16 heavy (non-hydrogen) atoms. The van der Waals surface area contributed by atoms with Crippen LogP contribution in [0.1, 0.15) is 32.1 Å². The van der Waals surface area contributed by atoms with Crippen LogP contribution in [-0.4, -0.2) is 38.3 Å². The lowest BCUT2D eigenvalue weighted by atomic mass is 9.99. The molecule has 0 aromatic rings. The highest BCUT2D eigenvalue weighted by molar-refractivity contribution is 5.78. The van der Waals surface area contributed by atoms with Crippen LogP contribution >= 0.6 is 0 Å². The fourth-order valence-electron chi connectivity index (χ4n) is 2.45. The molecule has 2 atom stereocenters. The van der Waals surface area contributed by atoms with Crippen LogP contribution in [0.4, 0.5) is 0 Å². The van der Waals surface area contributed by atoms with E-state index in [9.17, 15) is 4.79 Å². The Hall–Kier alpha value is -0.610. The molecule has 2 aliphatic heterocycles. The van der Waals surface area contributed by atoms with Gasteiger partial charge in [0.05, 0.1) is 12.0 Å². The number of hydrogen-bond acceptors (Lipinski definition) is 3. The zero-order valence-corrected chi connectivity index (χ0v) is 9.84. The summed E-state index contributed by atoms with van der Waals surface area (Å²) >= 11 is 0. The first-order valence-electron chi connectivity index (χ1n) is 6.46.